The number of rotatable bonds is 4. The number of nitrogens with zero attached hydrogens (tertiary/aromatic N) is 5. The van der Waals surface area contributed by atoms with Gasteiger partial charge in [-0.1, -0.05) is 5.16 Å². The molecule has 0 spiro atoms. The van der Waals surface area contributed by atoms with E-state index in [1.165, 1.54) is 12.3 Å². The number of halogens is 1. The van der Waals surface area contributed by atoms with Crippen molar-refractivity contribution < 1.29 is 17.3 Å². The van der Waals surface area contributed by atoms with E-state index in [-0.39, 0.29) is 11.7 Å². The number of likely N-dealkylation sites (tertiary alicyclic amines) is 1. The van der Waals surface area contributed by atoms with Crippen LogP contribution in [0.25, 0.3) is 22.3 Å². The SMILES string of the molecule is CS(=O)(=O)N1CCC(N2CCC(c3nc(-c4c(F)ccc5[nH]ncc45)no3)CC2)CC1. The van der Waals surface area contributed by atoms with E-state index in [1.807, 2.05) is 0 Å². The van der Waals surface area contributed by atoms with Crippen molar-refractivity contribution in [1.29, 1.82) is 0 Å². The molecule has 0 unspecified atom stereocenters. The van der Waals surface area contributed by atoms with Gasteiger partial charge in [0, 0.05) is 30.4 Å². The number of benzene rings is 1. The van der Waals surface area contributed by atoms with Crippen molar-refractivity contribution in [2.75, 3.05) is 32.4 Å². The zero-order chi connectivity index (χ0) is 21.6. The molecule has 0 amide bonds. The minimum Gasteiger partial charge on any atom is -0.339 e. The number of H-pyrrole nitrogens is 1. The quantitative estimate of drug-likeness (QED) is 0.653. The Kier molecular flexibility index (Phi) is 5.27. The fourth-order valence-electron chi connectivity index (χ4n) is 4.77. The number of nitrogens with one attached hydrogen (secondary N) is 1. The molecule has 3 aromatic rings. The molecule has 0 saturated carbocycles. The number of aromatic amines is 1. The van der Waals surface area contributed by atoms with Crippen LogP contribution in [0, 0.1) is 5.82 Å². The van der Waals surface area contributed by atoms with Gasteiger partial charge < -0.3 is 9.42 Å². The molecular formula is C20H25FN6O3S. The third kappa shape index (κ3) is 3.97. The Morgan fingerprint density at radius 2 is 1.87 bits per heavy atom. The lowest BCUT2D eigenvalue weighted by atomic mass is 9.93. The molecule has 1 N–H and O–H groups in total. The Balaban J connectivity index is 1.24. The van der Waals surface area contributed by atoms with Gasteiger partial charge >= 0.3 is 0 Å². The highest BCUT2D eigenvalue weighted by molar-refractivity contribution is 7.88. The Labute approximate surface area is 179 Å². The third-order valence-corrected chi connectivity index (χ3v) is 7.83. The van der Waals surface area contributed by atoms with Gasteiger partial charge in [-0.05, 0) is 50.9 Å². The van der Waals surface area contributed by atoms with E-state index in [9.17, 15) is 12.8 Å². The van der Waals surface area contributed by atoms with Crippen LogP contribution in [0.4, 0.5) is 4.39 Å². The van der Waals surface area contributed by atoms with Gasteiger partial charge in [-0.25, -0.2) is 17.1 Å². The second kappa shape index (κ2) is 7.95. The van der Waals surface area contributed by atoms with Gasteiger partial charge in [0.05, 0.1) is 23.5 Å². The standard InChI is InChI=1S/C20H25FN6O3S/c1-31(28,29)27-10-6-14(7-11-27)26-8-4-13(5-9-26)20-23-19(25-30-20)18-15-12-22-24-17(15)3-2-16(18)21/h2-3,12-14H,4-11H2,1H3,(H,22,24). The summed E-state index contributed by atoms with van der Waals surface area (Å²) < 4.78 is 45.0. The van der Waals surface area contributed by atoms with Gasteiger partial charge in [-0.15, -0.1) is 0 Å². The van der Waals surface area contributed by atoms with E-state index in [0.717, 1.165) is 44.3 Å². The average molecular weight is 449 g/mol. The zero-order valence-corrected chi connectivity index (χ0v) is 18.1. The number of aromatic nitrogens is 4. The first-order chi connectivity index (χ1) is 14.9. The van der Waals surface area contributed by atoms with Crippen LogP contribution in [-0.4, -0.2) is 76.4 Å². The molecule has 2 aliphatic rings. The van der Waals surface area contributed by atoms with E-state index in [0.29, 0.717) is 36.0 Å². The molecular weight excluding hydrogens is 423 g/mol. The lowest BCUT2D eigenvalue weighted by molar-refractivity contribution is 0.105. The Hall–Kier alpha value is -2.37. The van der Waals surface area contributed by atoms with Crippen LogP contribution in [-0.2, 0) is 10.0 Å². The lowest BCUT2D eigenvalue weighted by Crippen LogP contribution is -2.48. The van der Waals surface area contributed by atoms with E-state index < -0.39 is 15.8 Å². The number of sulfonamides is 1. The molecule has 9 nitrogen and oxygen atoms in total. The maximum Gasteiger partial charge on any atom is 0.230 e. The number of hydrogen-bond acceptors (Lipinski definition) is 7. The normalized spacial score (nSPS) is 20.6. The first-order valence-electron chi connectivity index (χ1n) is 10.5. The van der Waals surface area contributed by atoms with Crippen molar-refractivity contribution in [3.05, 3.63) is 30.0 Å². The number of piperidine rings is 2. The highest BCUT2D eigenvalue weighted by atomic mass is 32.2. The van der Waals surface area contributed by atoms with Crippen molar-refractivity contribution in [2.24, 2.45) is 0 Å². The van der Waals surface area contributed by atoms with Crippen LogP contribution in [0.1, 0.15) is 37.5 Å². The van der Waals surface area contributed by atoms with Crippen molar-refractivity contribution in [2.45, 2.75) is 37.6 Å². The van der Waals surface area contributed by atoms with Crippen molar-refractivity contribution >= 4 is 20.9 Å². The topological polar surface area (TPSA) is 108 Å². The van der Waals surface area contributed by atoms with Gasteiger partial charge in [-0.2, -0.15) is 10.1 Å². The summed E-state index contributed by atoms with van der Waals surface area (Å²) in [5.41, 5.74) is 1.02. The van der Waals surface area contributed by atoms with Crippen molar-refractivity contribution in [3.8, 4) is 11.4 Å². The summed E-state index contributed by atoms with van der Waals surface area (Å²) in [4.78, 5) is 6.96. The van der Waals surface area contributed by atoms with E-state index in [2.05, 4.69) is 25.2 Å². The number of fused-ring (bicyclic) bond motifs is 1. The number of hydrogen-bond donors (Lipinski definition) is 1. The molecule has 2 aliphatic heterocycles. The van der Waals surface area contributed by atoms with Gasteiger partial charge in [-0.3, -0.25) is 5.10 Å². The summed E-state index contributed by atoms with van der Waals surface area (Å²) in [6, 6.07) is 3.42. The van der Waals surface area contributed by atoms with E-state index in [4.69, 9.17) is 4.52 Å². The third-order valence-electron chi connectivity index (χ3n) is 6.53. The maximum atomic E-state index is 14.5. The maximum absolute atomic E-state index is 14.5. The molecule has 1 aromatic carbocycles. The summed E-state index contributed by atoms with van der Waals surface area (Å²) >= 11 is 0. The van der Waals surface area contributed by atoms with Crippen LogP contribution >= 0.6 is 0 Å². The first-order valence-corrected chi connectivity index (χ1v) is 12.4. The summed E-state index contributed by atoms with van der Waals surface area (Å²) in [6.07, 6.45) is 6.32. The molecule has 0 radical (unpaired) electrons. The first kappa shape index (κ1) is 20.5. The summed E-state index contributed by atoms with van der Waals surface area (Å²) in [5.74, 6) is 0.522. The molecule has 0 bridgehead atoms. The summed E-state index contributed by atoms with van der Waals surface area (Å²) in [6.45, 7) is 2.97. The molecule has 4 heterocycles. The second-order valence-electron chi connectivity index (χ2n) is 8.41. The van der Waals surface area contributed by atoms with Gasteiger partial charge in [0.2, 0.25) is 21.7 Å². The lowest BCUT2D eigenvalue weighted by Gasteiger charge is -2.40. The fourth-order valence-corrected chi connectivity index (χ4v) is 5.65. The summed E-state index contributed by atoms with van der Waals surface area (Å²) in [7, 11) is -3.10. The Bertz CT molecular complexity index is 1180. The van der Waals surface area contributed by atoms with Crippen LogP contribution < -0.4 is 0 Å². The van der Waals surface area contributed by atoms with Gasteiger partial charge in [0.25, 0.3) is 0 Å². The predicted molar refractivity (Wildman–Crippen MR) is 112 cm³/mol. The van der Waals surface area contributed by atoms with Crippen molar-refractivity contribution in [1.82, 2.24) is 29.5 Å². The molecule has 31 heavy (non-hydrogen) atoms. The predicted octanol–water partition coefficient (Wildman–Crippen LogP) is 2.36. The molecule has 11 heteroatoms. The smallest absolute Gasteiger partial charge is 0.230 e. The minimum atomic E-state index is -3.10. The highest BCUT2D eigenvalue weighted by Gasteiger charge is 2.32. The highest BCUT2D eigenvalue weighted by Crippen LogP contribution is 2.33. The Morgan fingerprint density at radius 3 is 2.58 bits per heavy atom. The monoisotopic (exact) mass is 448 g/mol. The molecule has 2 aromatic heterocycles. The van der Waals surface area contributed by atoms with E-state index >= 15 is 0 Å². The van der Waals surface area contributed by atoms with Crippen LogP contribution in [0.15, 0.2) is 22.9 Å². The fraction of sp³-hybridized carbons (Fsp3) is 0.550. The van der Waals surface area contributed by atoms with Crippen LogP contribution in [0.2, 0.25) is 0 Å². The molecule has 0 aliphatic carbocycles. The molecule has 0 atom stereocenters. The average Bonchev–Trinajstić information content (AvgIpc) is 3.43. The zero-order valence-electron chi connectivity index (χ0n) is 17.3. The van der Waals surface area contributed by atoms with Crippen LogP contribution in [0.5, 0.6) is 0 Å². The van der Waals surface area contributed by atoms with Gasteiger partial charge in [0.15, 0.2) is 0 Å². The largest absolute Gasteiger partial charge is 0.339 e. The van der Waals surface area contributed by atoms with Gasteiger partial charge in [0.1, 0.15) is 5.82 Å². The van der Waals surface area contributed by atoms with E-state index in [1.54, 1.807) is 16.6 Å². The molecule has 2 saturated heterocycles. The minimum absolute atomic E-state index is 0.139. The van der Waals surface area contributed by atoms with Crippen molar-refractivity contribution in [3.63, 3.8) is 0 Å². The molecule has 166 valence electrons. The molecule has 5 rings (SSSR count). The summed E-state index contributed by atoms with van der Waals surface area (Å²) in [5, 5.41) is 11.5. The Morgan fingerprint density at radius 1 is 1.13 bits per heavy atom. The van der Waals surface area contributed by atoms with Crippen LogP contribution in [0.3, 0.4) is 0 Å². The molecule has 2 fully saturated rings. The second-order valence-corrected chi connectivity index (χ2v) is 10.4.